The maximum absolute atomic E-state index is 13.1. The fraction of sp³-hybridized carbons (Fsp3) is 0.455. The molecule has 0 saturated heterocycles. The Morgan fingerprint density at radius 2 is 1.82 bits per heavy atom. The van der Waals surface area contributed by atoms with Crippen LogP contribution in [-0.4, -0.2) is 53.3 Å². The van der Waals surface area contributed by atoms with Crippen LogP contribution in [-0.2, 0) is 26.6 Å². The van der Waals surface area contributed by atoms with Crippen molar-refractivity contribution in [2.75, 3.05) is 13.1 Å². The summed E-state index contributed by atoms with van der Waals surface area (Å²) < 4.78 is 33.5. The molecule has 0 radical (unpaired) electrons. The Balaban J connectivity index is 2.43. The highest BCUT2D eigenvalue weighted by Gasteiger charge is 2.29. The lowest BCUT2D eigenvalue weighted by molar-refractivity contribution is -0.385. The summed E-state index contributed by atoms with van der Waals surface area (Å²) in [6, 6.07) is 5.94. The van der Waals surface area contributed by atoms with E-state index in [1.54, 1.807) is 33.8 Å². The third-order valence-corrected chi connectivity index (χ3v) is 7.12. The van der Waals surface area contributed by atoms with Gasteiger partial charge in [0.05, 0.1) is 29.1 Å². The van der Waals surface area contributed by atoms with Crippen LogP contribution < -0.4 is 5.32 Å². The van der Waals surface area contributed by atoms with Crippen LogP contribution in [0.1, 0.15) is 56.2 Å². The number of amides is 1. The van der Waals surface area contributed by atoms with Crippen LogP contribution in [0.5, 0.6) is 0 Å². The zero-order chi connectivity index (χ0) is 25.6. The quantitative estimate of drug-likeness (QED) is 0.288. The van der Waals surface area contributed by atoms with Gasteiger partial charge in [-0.25, -0.2) is 8.42 Å². The van der Waals surface area contributed by atoms with E-state index in [2.05, 4.69) is 5.32 Å². The minimum Gasteiger partial charge on any atom is -0.463 e. The molecule has 2 aromatic rings. The van der Waals surface area contributed by atoms with E-state index in [1.165, 1.54) is 46.4 Å². The summed E-state index contributed by atoms with van der Waals surface area (Å²) in [6.45, 7) is 7.30. The average Bonchev–Trinajstić information content (AvgIpc) is 3.16. The van der Waals surface area contributed by atoms with Gasteiger partial charge in [0.2, 0.25) is 10.0 Å². The van der Waals surface area contributed by atoms with Gasteiger partial charge in [0, 0.05) is 32.4 Å². The summed E-state index contributed by atoms with van der Waals surface area (Å²) in [7, 11) is -2.28. The number of nitrogens with one attached hydrogen (secondary N) is 1. The molecular formula is C22H30N4O7S. The lowest BCUT2D eigenvalue weighted by Gasteiger charge is -2.19. The van der Waals surface area contributed by atoms with Crippen molar-refractivity contribution in [3.8, 4) is 0 Å². The third-order valence-electron chi connectivity index (χ3n) is 5.11. The summed E-state index contributed by atoms with van der Waals surface area (Å²) in [4.78, 5) is 36.4. The molecule has 0 bridgehead atoms. The molecule has 0 aliphatic carbocycles. The monoisotopic (exact) mass is 494 g/mol. The molecule has 1 unspecified atom stereocenters. The smallest absolute Gasteiger partial charge is 0.308 e. The van der Waals surface area contributed by atoms with E-state index in [1.807, 2.05) is 0 Å². The Kier molecular flexibility index (Phi) is 8.93. The molecule has 0 fully saturated rings. The first-order valence-electron chi connectivity index (χ1n) is 10.8. The van der Waals surface area contributed by atoms with Crippen molar-refractivity contribution in [2.24, 2.45) is 7.05 Å². The molecule has 1 atom stereocenters. The van der Waals surface area contributed by atoms with Crippen LogP contribution in [0.15, 0.2) is 41.4 Å². The molecule has 34 heavy (non-hydrogen) atoms. The Labute approximate surface area is 198 Å². The summed E-state index contributed by atoms with van der Waals surface area (Å²) >= 11 is 0. The molecule has 11 nitrogen and oxygen atoms in total. The van der Waals surface area contributed by atoms with Gasteiger partial charge in [-0.1, -0.05) is 32.0 Å². The number of aryl methyl sites for hydroxylation is 1. The molecule has 1 aromatic heterocycles. The lowest BCUT2D eigenvalue weighted by Crippen LogP contribution is -2.32. The second-order valence-electron chi connectivity index (χ2n) is 7.85. The molecule has 0 spiro atoms. The van der Waals surface area contributed by atoms with Gasteiger partial charge in [-0.05, 0) is 19.9 Å². The first kappa shape index (κ1) is 27.0. The maximum atomic E-state index is 13.1. The van der Waals surface area contributed by atoms with Crippen molar-refractivity contribution in [3.63, 3.8) is 0 Å². The van der Waals surface area contributed by atoms with Crippen molar-refractivity contribution in [1.82, 2.24) is 14.2 Å². The lowest BCUT2D eigenvalue weighted by atomic mass is 10.0. The van der Waals surface area contributed by atoms with E-state index in [-0.39, 0.29) is 41.4 Å². The van der Waals surface area contributed by atoms with Gasteiger partial charge >= 0.3 is 5.97 Å². The Bertz CT molecular complexity index is 1150. The van der Waals surface area contributed by atoms with E-state index in [4.69, 9.17) is 4.74 Å². The van der Waals surface area contributed by atoms with Crippen molar-refractivity contribution in [2.45, 2.75) is 51.2 Å². The Hall–Kier alpha value is -3.25. The molecule has 1 N–H and O–H groups in total. The summed E-state index contributed by atoms with van der Waals surface area (Å²) in [5.41, 5.74) is -0.111. The molecule has 186 valence electrons. The topological polar surface area (TPSA) is 141 Å². The van der Waals surface area contributed by atoms with E-state index in [0.29, 0.717) is 0 Å². The highest BCUT2D eigenvalue weighted by Crippen LogP contribution is 2.28. The van der Waals surface area contributed by atoms with Gasteiger partial charge < -0.3 is 14.6 Å². The van der Waals surface area contributed by atoms with Crippen LogP contribution in [0.4, 0.5) is 5.69 Å². The summed E-state index contributed by atoms with van der Waals surface area (Å²) in [5.74, 6) is -1.33. The van der Waals surface area contributed by atoms with Gasteiger partial charge in [0.15, 0.2) is 0 Å². The zero-order valence-corrected chi connectivity index (χ0v) is 20.7. The van der Waals surface area contributed by atoms with Crippen LogP contribution in [0, 0.1) is 10.1 Å². The number of nitrogens with zero attached hydrogens (tertiary/aromatic N) is 3. The number of rotatable bonds is 11. The number of benzene rings is 1. The second kappa shape index (κ2) is 11.3. The van der Waals surface area contributed by atoms with Crippen molar-refractivity contribution < 1.29 is 27.7 Å². The predicted molar refractivity (Wildman–Crippen MR) is 125 cm³/mol. The van der Waals surface area contributed by atoms with E-state index in [9.17, 15) is 28.1 Å². The van der Waals surface area contributed by atoms with Crippen molar-refractivity contribution in [1.29, 1.82) is 0 Å². The molecule has 12 heteroatoms. The maximum Gasteiger partial charge on any atom is 0.308 e. The number of carbonyl (C=O) groups excluding carboxylic acids is 2. The molecule has 1 amide bonds. The second-order valence-corrected chi connectivity index (χ2v) is 9.78. The van der Waals surface area contributed by atoms with Crippen molar-refractivity contribution >= 4 is 27.6 Å². The highest BCUT2D eigenvalue weighted by molar-refractivity contribution is 7.89. The van der Waals surface area contributed by atoms with Crippen LogP contribution in [0.2, 0.25) is 0 Å². The standard InChI is InChI=1S/C22H30N4O7S/c1-6-25(7-2)34(31,32)16-12-20(24(5)14-16)22(28)23-18(13-21(27)33-15(3)4)17-10-8-9-11-19(17)26(29)30/h8-12,14-15,18H,6-7,13H2,1-5H3,(H,23,28). The minimum absolute atomic E-state index is 0.0199. The number of hydrogen-bond donors (Lipinski definition) is 1. The largest absolute Gasteiger partial charge is 0.463 e. The minimum atomic E-state index is -3.80. The van der Waals surface area contributed by atoms with Gasteiger partial charge in [0.25, 0.3) is 11.6 Å². The van der Waals surface area contributed by atoms with Gasteiger partial charge in [0.1, 0.15) is 10.6 Å². The number of carbonyl (C=O) groups is 2. The van der Waals surface area contributed by atoms with Crippen LogP contribution >= 0.6 is 0 Å². The fourth-order valence-corrected chi connectivity index (χ4v) is 5.04. The SMILES string of the molecule is CCN(CC)S(=O)(=O)c1cc(C(=O)NC(CC(=O)OC(C)C)c2ccccc2[N+](=O)[O-])n(C)c1. The number of nitro benzene ring substituents is 1. The molecule has 2 rings (SSSR count). The number of ether oxygens (including phenoxy) is 1. The Morgan fingerprint density at radius 3 is 2.38 bits per heavy atom. The predicted octanol–water partition coefficient (Wildman–Crippen LogP) is 2.78. The molecular weight excluding hydrogens is 464 g/mol. The molecule has 1 aromatic carbocycles. The first-order chi connectivity index (χ1) is 15.9. The number of aromatic nitrogens is 1. The highest BCUT2D eigenvalue weighted by atomic mass is 32.2. The average molecular weight is 495 g/mol. The first-order valence-corrected chi connectivity index (χ1v) is 12.3. The van der Waals surface area contributed by atoms with Crippen LogP contribution in [0.3, 0.4) is 0 Å². The molecule has 0 aliphatic rings. The van der Waals surface area contributed by atoms with E-state index < -0.39 is 39.0 Å². The van der Waals surface area contributed by atoms with E-state index in [0.717, 1.165) is 0 Å². The van der Waals surface area contributed by atoms with E-state index >= 15 is 0 Å². The van der Waals surface area contributed by atoms with Crippen LogP contribution in [0.25, 0.3) is 0 Å². The number of esters is 1. The van der Waals surface area contributed by atoms with Gasteiger partial charge in [-0.3, -0.25) is 19.7 Å². The van der Waals surface area contributed by atoms with Crippen molar-refractivity contribution in [3.05, 3.63) is 57.9 Å². The number of hydrogen-bond acceptors (Lipinski definition) is 7. The van der Waals surface area contributed by atoms with Gasteiger partial charge in [-0.15, -0.1) is 0 Å². The third kappa shape index (κ3) is 6.20. The summed E-state index contributed by atoms with van der Waals surface area (Å²) in [6.07, 6.45) is 0.578. The Morgan fingerprint density at radius 1 is 1.21 bits per heavy atom. The molecule has 0 aliphatic heterocycles. The fourth-order valence-electron chi connectivity index (χ4n) is 3.51. The summed E-state index contributed by atoms with van der Waals surface area (Å²) in [5, 5.41) is 14.2. The number of para-hydroxylation sites is 1. The number of nitro groups is 1. The van der Waals surface area contributed by atoms with Gasteiger partial charge in [-0.2, -0.15) is 4.31 Å². The number of sulfonamides is 1. The normalized spacial score (nSPS) is 12.6. The zero-order valence-electron chi connectivity index (χ0n) is 19.8. The molecule has 1 heterocycles. The molecule has 0 saturated carbocycles.